The Hall–Kier alpha value is -0.570. The second-order valence-electron chi connectivity index (χ2n) is 7.54. The van der Waals surface area contributed by atoms with Crippen LogP contribution >= 0.6 is 0 Å². The van der Waals surface area contributed by atoms with Crippen LogP contribution in [0.25, 0.3) is 0 Å². The monoisotopic (exact) mass is 294 g/mol. The van der Waals surface area contributed by atoms with E-state index in [2.05, 4.69) is 37.9 Å². The molecule has 0 bridgehead atoms. The van der Waals surface area contributed by atoms with Gasteiger partial charge in [0.1, 0.15) is 0 Å². The summed E-state index contributed by atoms with van der Waals surface area (Å²) in [6.07, 6.45) is 10.0. The fourth-order valence-electron chi connectivity index (χ4n) is 4.17. The van der Waals surface area contributed by atoms with E-state index in [9.17, 15) is 4.79 Å². The Balaban J connectivity index is 2.08. The number of rotatable bonds is 6. The lowest BCUT2D eigenvalue weighted by Gasteiger charge is -2.38. The highest BCUT2D eigenvalue weighted by atomic mass is 16.2. The van der Waals surface area contributed by atoms with Crippen LogP contribution < -0.4 is 5.32 Å². The summed E-state index contributed by atoms with van der Waals surface area (Å²) >= 11 is 0. The van der Waals surface area contributed by atoms with Gasteiger partial charge in [-0.05, 0) is 44.4 Å². The Morgan fingerprint density at radius 1 is 1.19 bits per heavy atom. The van der Waals surface area contributed by atoms with Crippen molar-refractivity contribution < 1.29 is 4.79 Å². The maximum atomic E-state index is 12.8. The molecular formula is C18H34N2O. The Kier molecular flexibility index (Phi) is 6.09. The van der Waals surface area contributed by atoms with Crippen molar-refractivity contribution in [1.29, 1.82) is 0 Å². The van der Waals surface area contributed by atoms with Crippen LogP contribution in [0.15, 0.2) is 0 Å². The lowest BCUT2D eigenvalue weighted by Crippen LogP contribution is -2.47. The molecule has 122 valence electrons. The van der Waals surface area contributed by atoms with Crippen molar-refractivity contribution in [3.05, 3.63) is 0 Å². The highest BCUT2D eigenvalue weighted by Gasteiger charge is 2.42. The molecule has 0 aromatic carbocycles. The van der Waals surface area contributed by atoms with E-state index in [1.807, 2.05) is 0 Å². The van der Waals surface area contributed by atoms with E-state index in [0.29, 0.717) is 23.8 Å². The molecule has 1 saturated carbocycles. The van der Waals surface area contributed by atoms with Crippen LogP contribution in [-0.2, 0) is 4.79 Å². The molecule has 2 rings (SSSR count). The zero-order chi connectivity index (χ0) is 15.4. The van der Waals surface area contributed by atoms with E-state index >= 15 is 0 Å². The Morgan fingerprint density at radius 2 is 1.86 bits per heavy atom. The third kappa shape index (κ3) is 4.00. The molecule has 0 aromatic heterocycles. The van der Waals surface area contributed by atoms with Gasteiger partial charge in [-0.3, -0.25) is 10.1 Å². The smallest absolute Gasteiger partial charge is 0.241 e. The van der Waals surface area contributed by atoms with Crippen molar-refractivity contribution in [1.82, 2.24) is 10.2 Å². The zero-order valence-electron chi connectivity index (χ0n) is 14.4. The van der Waals surface area contributed by atoms with Crippen molar-refractivity contribution in [2.24, 2.45) is 11.8 Å². The maximum Gasteiger partial charge on any atom is 0.241 e. The van der Waals surface area contributed by atoms with Gasteiger partial charge in [0.25, 0.3) is 0 Å². The number of nitrogens with one attached hydrogen (secondary N) is 1. The van der Waals surface area contributed by atoms with Crippen LogP contribution in [0.3, 0.4) is 0 Å². The zero-order valence-corrected chi connectivity index (χ0v) is 14.4. The first-order chi connectivity index (χ1) is 10.0. The summed E-state index contributed by atoms with van der Waals surface area (Å²) in [7, 11) is 0. The molecule has 3 atom stereocenters. The molecule has 0 aromatic rings. The first kappa shape index (κ1) is 16.8. The highest BCUT2D eigenvalue weighted by Crippen LogP contribution is 2.32. The van der Waals surface area contributed by atoms with Crippen LogP contribution in [-0.4, -0.2) is 29.1 Å². The molecule has 1 N–H and O–H groups in total. The Bertz CT molecular complexity index is 334. The summed E-state index contributed by atoms with van der Waals surface area (Å²) in [5, 5.41) is 3.62. The van der Waals surface area contributed by atoms with Gasteiger partial charge in [0.2, 0.25) is 5.91 Å². The summed E-state index contributed by atoms with van der Waals surface area (Å²) in [5.41, 5.74) is 0. The normalized spacial score (nSPS) is 29.4. The van der Waals surface area contributed by atoms with E-state index in [1.54, 1.807) is 0 Å². The predicted octanol–water partition coefficient (Wildman–Crippen LogP) is 3.93. The molecule has 21 heavy (non-hydrogen) atoms. The van der Waals surface area contributed by atoms with Gasteiger partial charge in [0.05, 0.1) is 12.2 Å². The molecule has 1 saturated heterocycles. The molecule has 3 heteroatoms. The van der Waals surface area contributed by atoms with Gasteiger partial charge in [-0.25, -0.2) is 0 Å². The van der Waals surface area contributed by atoms with Crippen LogP contribution in [0.2, 0.25) is 0 Å². The third-order valence-electron chi connectivity index (χ3n) is 5.32. The van der Waals surface area contributed by atoms with E-state index in [-0.39, 0.29) is 12.2 Å². The fraction of sp³-hybridized carbons (Fsp3) is 0.944. The second-order valence-corrected chi connectivity index (χ2v) is 7.54. The number of carbonyl (C=O) groups is 1. The molecular weight excluding hydrogens is 260 g/mol. The average molecular weight is 294 g/mol. The van der Waals surface area contributed by atoms with Crippen LogP contribution in [0.5, 0.6) is 0 Å². The van der Waals surface area contributed by atoms with E-state index < -0.39 is 0 Å². The Morgan fingerprint density at radius 3 is 2.43 bits per heavy atom. The number of nitrogens with zero attached hydrogens (tertiary/aromatic N) is 1. The van der Waals surface area contributed by atoms with Gasteiger partial charge in [-0.2, -0.15) is 0 Å². The van der Waals surface area contributed by atoms with Crippen molar-refractivity contribution >= 4 is 5.91 Å². The molecule has 2 fully saturated rings. The van der Waals surface area contributed by atoms with Crippen molar-refractivity contribution in [3.63, 3.8) is 0 Å². The van der Waals surface area contributed by atoms with Gasteiger partial charge in [0, 0.05) is 6.04 Å². The largest absolute Gasteiger partial charge is 0.323 e. The van der Waals surface area contributed by atoms with Crippen LogP contribution in [0.4, 0.5) is 0 Å². The van der Waals surface area contributed by atoms with Crippen molar-refractivity contribution in [2.45, 2.75) is 97.3 Å². The average Bonchev–Trinajstić information content (AvgIpc) is 2.75. The maximum absolute atomic E-state index is 12.8. The molecule has 3 unspecified atom stereocenters. The van der Waals surface area contributed by atoms with E-state index in [0.717, 1.165) is 19.3 Å². The lowest BCUT2D eigenvalue weighted by atomic mass is 9.83. The summed E-state index contributed by atoms with van der Waals surface area (Å²) in [4.78, 5) is 15.1. The Labute approximate surface area is 130 Å². The molecule has 0 radical (unpaired) electrons. The van der Waals surface area contributed by atoms with Gasteiger partial charge < -0.3 is 4.90 Å². The number of amides is 1. The number of hydrogen-bond donors (Lipinski definition) is 1. The fourth-order valence-corrected chi connectivity index (χ4v) is 4.17. The van der Waals surface area contributed by atoms with Crippen LogP contribution in [0, 0.1) is 11.8 Å². The molecule has 1 amide bonds. The van der Waals surface area contributed by atoms with Crippen molar-refractivity contribution in [2.75, 3.05) is 0 Å². The van der Waals surface area contributed by atoms with Gasteiger partial charge in [0.15, 0.2) is 0 Å². The molecule has 0 spiro atoms. The minimum atomic E-state index is 0.0600. The quantitative estimate of drug-likeness (QED) is 0.805. The standard InChI is InChI=1S/C18H34N2O/c1-5-9-16-18(21)20(17(19-16)12-13(2)3)14(4)15-10-7-6-8-11-15/h13-17,19H,5-12H2,1-4H3. The second kappa shape index (κ2) is 7.62. The summed E-state index contributed by atoms with van der Waals surface area (Å²) < 4.78 is 0. The lowest BCUT2D eigenvalue weighted by molar-refractivity contribution is -0.133. The molecule has 1 aliphatic heterocycles. The number of carbonyl (C=O) groups excluding carboxylic acids is 1. The molecule has 1 aliphatic carbocycles. The minimum Gasteiger partial charge on any atom is -0.323 e. The van der Waals surface area contributed by atoms with Gasteiger partial charge in [-0.15, -0.1) is 0 Å². The SMILES string of the molecule is CCCC1NC(CC(C)C)N(C(C)C2CCCCC2)C1=O. The third-order valence-corrected chi connectivity index (χ3v) is 5.32. The first-order valence-corrected chi connectivity index (χ1v) is 9.12. The molecule has 2 aliphatic rings. The molecule has 3 nitrogen and oxygen atoms in total. The first-order valence-electron chi connectivity index (χ1n) is 9.12. The summed E-state index contributed by atoms with van der Waals surface area (Å²) in [6.45, 7) is 8.96. The highest BCUT2D eigenvalue weighted by molar-refractivity contribution is 5.84. The topological polar surface area (TPSA) is 32.3 Å². The van der Waals surface area contributed by atoms with Crippen LogP contribution in [0.1, 0.15) is 79.1 Å². The van der Waals surface area contributed by atoms with Crippen molar-refractivity contribution in [3.8, 4) is 0 Å². The number of hydrogen-bond acceptors (Lipinski definition) is 2. The minimum absolute atomic E-state index is 0.0600. The van der Waals surface area contributed by atoms with Gasteiger partial charge in [-0.1, -0.05) is 46.5 Å². The summed E-state index contributed by atoms with van der Waals surface area (Å²) in [6, 6.07) is 0.459. The molecule has 1 heterocycles. The van der Waals surface area contributed by atoms with Gasteiger partial charge >= 0.3 is 0 Å². The van der Waals surface area contributed by atoms with E-state index in [4.69, 9.17) is 0 Å². The summed E-state index contributed by atoms with van der Waals surface area (Å²) in [5.74, 6) is 1.69. The van der Waals surface area contributed by atoms with E-state index in [1.165, 1.54) is 32.1 Å². The predicted molar refractivity (Wildman–Crippen MR) is 88.0 cm³/mol.